The van der Waals surface area contributed by atoms with E-state index in [4.69, 9.17) is 0 Å². The first-order valence-corrected chi connectivity index (χ1v) is 10.6. The van der Waals surface area contributed by atoms with E-state index in [0.717, 1.165) is 24.2 Å². The van der Waals surface area contributed by atoms with Crippen LogP contribution in [0.25, 0.3) is 0 Å². The third-order valence-electron chi connectivity index (χ3n) is 6.17. The van der Waals surface area contributed by atoms with Crippen LogP contribution in [-0.4, -0.2) is 59.2 Å². The number of hydrogen-bond acceptors (Lipinski definition) is 6. The molecule has 2 unspecified atom stereocenters. The van der Waals surface area contributed by atoms with E-state index >= 15 is 0 Å². The molecule has 2 aliphatic heterocycles. The number of amides is 1. The van der Waals surface area contributed by atoms with Gasteiger partial charge in [-0.15, -0.1) is 0 Å². The Labute approximate surface area is 181 Å². The molecule has 2 saturated heterocycles. The van der Waals surface area contributed by atoms with E-state index in [1.165, 1.54) is 12.1 Å². The maximum Gasteiger partial charge on any atom is 0.223 e. The van der Waals surface area contributed by atoms with Gasteiger partial charge < -0.3 is 20.2 Å². The van der Waals surface area contributed by atoms with Gasteiger partial charge in [0, 0.05) is 44.3 Å². The van der Waals surface area contributed by atoms with Crippen LogP contribution in [0.4, 0.5) is 10.2 Å². The molecule has 7 nitrogen and oxygen atoms in total. The van der Waals surface area contributed by atoms with Crippen LogP contribution in [0.15, 0.2) is 42.6 Å². The number of likely N-dealkylation sites (tertiary alicyclic amines) is 1. The van der Waals surface area contributed by atoms with Crippen molar-refractivity contribution >= 4 is 11.7 Å². The van der Waals surface area contributed by atoms with E-state index in [9.17, 15) is 19.6 Å². The van der Waals surface area contributed by atoms with Gasteiger partial charge >= 0.3 is 0 Å². The third kappa shape index (κ3) is 4.53. The van der Waals surface area contributed by atoms with Crippen molar-refractivity contribution in [1.29, 1.82) is 5.26 Å². The molecule has 1 aromatic carbocycles. The second-order valence-corrected chi connectivity index (χ2v) is 8.07. The van der Waals surface area contributed by atoms with Crippen LogP contribution in [0.3, 0.4) is 0 Å². The number of carbonyl (C=O) groups excluding carboxylic acids is 1. The van der Waals surface area contributed by atoms with Crippen molar-refractivity contribution in [2.75, 3.05) is 31.1 Å². The van der Waals surface area contributed by atoms with E-state index in [0.29, 0.717) is 31.6 Å². The van der Waals surface area contributed by atoms with Gasteiger partial charge in [0.25, 0.3) is 0 Å². The predicted molar refractivity (Wildman–Crippen MR) is 114 cm³/mol. The van der Waals surface area contributed by atoms with E-state index < -0.39 is 0 Å². The van der Waals surface area contributed by atoms with Crippen LogP contribution in [0.1, 0.15) is 36.4 Å². The molecular weight excluding hydrogens is 397 g/mol. The summed E-state index contributed by atoms with van der Waals surface area (Å²) in [6.07, 6.45) is 3.98. The van der Waals surface area contributed by atoms with Crippen molar-refractivity contribution in [1.82, 2.24) is 15.2 Å². The lowest BCUT2D eigenvalue weighted by molar-refractivity contribution is -0.132. The highest BCUT2D eigenvalue weighted by Gasteiger charge is 2.42. The normalized spacial score (nSPS) is 21.1. The highest BCUT2D eigenvalue weighted by molar-refractivity contribution is 5.77. The molecule has 0 saturated carbocycles. The number of benzene rings is 1. The Morgan fingerprint density at radius 3 is 2.61 bits per heavy atom. The Morgan fingerprint density at radius 2 is 1.97 bits per heavy atom. The summed E-state index contributed by atoms with van der Waals surface area (Å²) in [6.45, 7) is 1.54. The Balaban J connectivity index is 1.33. The van der Waals surface area contributed by atoms with Crippen LogP contribution in [0.5, 0.6) is 0 Å². The molecule has 0 aliphatic carbocycles. The number of piperazine rings is 1. The maximum atomic E-state index is 13.1. The van der Waals surface area contributed by atoms with Crippen molar-refractivity contribution in [3.05, 3.63) is 59.5 Å². The molecule has 2 bridgehead atoms. The molecule has 0 spiro atoms. The molecule has 2 fully saturated rings. The van der Waals surface area contributed by atoms with Gasteiger partial charge in [-0.1, -0.05) is 12.1 Å². The number of nitriles is 1. The highest BCUT2D eigenvalue weighted by atomic mass is 19.1. The Bertz CT molecular complexity index is 947. The van der Waals surface area contributed by atoms with Gasteiger partial charge in [-0.3, -0.25) is 4.79 Å². The minimum absolute atomic E-state index is 0.0707. The van der Waals surface area contributed by atoms with E-state index in [2.05, 4.69) is 21.3 Å². The first kappa shape index (κ1) is 21.2. The van der Waals surface area contributed by atoms with Crippen LogP contribution in [0, 0.1) is 17.1 Å². The fraction of sp³-hybridized carbons (Fsp3) is 0.435. The van der Waals surface area contributed by atoms with Crippen molar-refractivity contribution in [3.8, 4) is 6.07 Å². The van der Waals surface area contributed by atoms with Gasteiger partial charge in [-0.2, -0.15) is 5.26 Å². The zero-order chi connectivity index (χ0) is 21.8. The number of fused-ring (bicyclic) bond motifs is 2. The minimum Gasteiger partial charge on any atom is -0.394 e. The fourth-order valence-corrected chi connectivity index (χ4v) is 4.64. The quantitative estimate of drug-likeness (QED) is 0.708. The molecular formula is C23H26FN5O2. The first-order valence-electron chi connectivity index (χ1n) is 10.6. The molecule has 8 heteroatoms. The number of nitrogens with zero attached hydrogens (tertiary/aromatic N) is 4. The number of halogens is 1. The van der Waals surface area contributed by atoms with Gasteiger partial charge in [0.2, 0.25) is 5.91 Å². The summed E-state index contributed by atoms with van der Waals surface area (Å²) in [5.74, 6) is 0.467. The van der Waals surface area contributed by atoms with Gasteiger partial charge in [0.1, 0.15) is 17.7 Å². The van der Waals surface area contributed by atoms with E-state index in [-0.39, 0.29) is 36.5 Å². The summed E-state index contributed by atoms with van der Waals surface area (Å²) in [4.78, 5) is 21.4. The van der Waals surface area contributed by atoms with E-state index in [1.807, 2.05) is 4.90 Å². The van der Waals surface area contributed by atoms with Crippen LogP contribution < -0.4 is 10.2 Å². The average Bonchev–Trinajstić information content (AvgIpc) is 3.05. The van der Waals surface area contributed by atoms with Gasteiger partial charge in [-0.25, -0.2) is 9.37 Å². The first-order chi connectivity index (χ1) is 15.1. The Morgan fingerprint density at radius 1 is 1.26 bits per heavy atom. The monoisotopic (exact) mass is 423 g/mol. The highest BCUT2D eigenvalue weighted by Crippen LogP contribution is 2.35. The van der Waals surface area contributed by atoms with Gasteiger partial charge in [0.15, 0.2) is 0 Å². The van der Waals surface area contributed by atoms with Gasteiger partial charge in [-0.05, 0) is 42.7 Å². The lowest BCUT2D eigenvalue weighted by Gasteiger charge is -2.42. The molecule has 3 heterocycles. The molecule has 31 heavy (non-hydrogen) atoms. The van der Waals surface area contributed by atoms with Crippen LogP contribution >= 0.6 is 0 Å². The molecule has 162 valence electrons. The Kier molecular flexibility index (Phi) is 6.44. The van der Waals surface area contributed by atoms with Gasteiger partial charge in [0.05, 0.1) is 18.2 Å². The van der Waals surface area contributed by atoms with Crippen molar-refractivity contribution in [2.45, 2.75) is 37.4 Å². The summed E-state index contributed by atoms with van der Waals surface area (Å²) in [5.41, 5.74) is 1.35. The van der Waals surface area contributed by atoms with Crippen molar-refractivity contribution in [3.63, 3.8) is 0 Å². The molecule has 1 amide bonds. The zero-order valence-corrected chi connectivity index (χ0v) is 17.2. The number of nitrogens with one attached hydrogen (secondary N) is 1. The topological polar surface area (TPSA) is 92.5 Å². The smallest absolute Gasteiger partial charge is 0.223 e. The lowest BCUT2D eigenvalue weighted by Crippen LogP contribution is -2.56. The number of anilines is 1. The fourth-order valence-electron chi connectivity index (χ4n) is 4.64. The summed E-state index contributed by atoms with van der Waals surface area (Å²) in [7, 11) is 0. The number of hydrogen-bond donors (Lipinski definition) is 2. The van der Waals surface area contributed by atoms with E-state index in [1.54, 1.807) is 30.5 Å². The SMILES string of the molecule is N#Cc1cccnc1N1C2CCC1CN(C(=O)CCN[C@@H](CO)c1ccc(F)cc1)C2. The average molecular weight is 423 g/mol. The standard InChI is InChI=1S/C23H26FN5O2/c24-18-5-3-16(4-6-18)21(15-30)26-11-9-22(31)28-13-19-7-8-20(14-28)29(19)23-17(12-25)2-1-10-27-23/h1-6,10,19-21,26,30H,7-9,11,13-15H2/t19?,20?,21-/m0/s1. The third-order valence-corrected chi connectivity index (χ3v) is 6.17. The predicted octanol–water partition coefficient (Wildman–Crippen LogP) is 1.99. The number of aliphatic hydroxyl groups is 1. The molecule has 1 aromatic heterocycles. The summed E-state index contributed by atoms with van der Waals surface area (Å²) < 4.78 is 13.1. The summed E-state index contributed by atoms with van der Waals surface area (Å²) in [5, 5.41) is 22.2. The number of aromatic nitrogens is 1. The summed E-state index contributed by atoms with van der Waals surface area (Å²) >= 11 is 0. The molecule has 2 aromatic rings. The van der Waals surface area contributed by atoms with Crippen LogP contribution in [0.2, 0.25) is 0 Å². The molecule has 2 N–H and O–H groups in total. The molecule has 3 atom stereocenters. The number of aliphatic hydroxyl groups excluding tert-OH is 1. The Hall–Kier alpha value is -3.02. The minimum atomic E-state index is -0.338. The molecule has 0 radical (unpaired) electrons. The number of pyridine rings is 1. The number of carbonyl (C=O) groups is 1. The van der Waals surface area contributed by atoms with Crippen LogP contribution in [-0.2, 0) is 4.79 Å². The number of rotatable bonds is 7. The second-order valence-electron chi connectivity index (χ2n) is 8.07. The zero-order valence-electron chi connectivity index (χ0n) is 17.2. The molecule has 2 aliphatic rings. The van der Waals surface area contributed by atoms with Crippen molar-refractivity contribution in [2.24, 2.45) is 0 Å². The largest absolute Gasteiger partial charge is 0.394 e. The summed E-state index contributed by atoms with van der Waals surface area (Å²) in [6, 6.07) is 11.8. The van der Waals surface area contributed by atoms with Crippen molar-refractivity contribution < 1.29 is 14.3 Å². The maximum absolute atomic E-state index is 13.1. The second kappa shape index (κ2) is 9.41. The lowest BCUT2D eigenvalue weighted by atomic mass is 10.1. The molecule has 4 rings (SSSR count).